The van der Waals surface area contributed by atoms with Gasteiger partial charge in [-0.2, -0.15) is 0 Å². The van der Waals surface area contributed by atoms with Crippen LogP contribution in [0.25, 0.3) is 0 Å². The standard InChI is InChI=1S/C13H20FNO2/c1-9(8-17-3)15-10(2)13(16)11-4-6-12(14)7-5-11/h4-7,9-10,13,15-16H,8H2,1-3H3. The SMILES string of the molecule is COCC(C)NC(C)C(O)c1ccc(F)cc1. The summed E-state index contributed by atoms with van der Waals surface area (Å²) in [4.78, 5) is 0. The van der Waals surface area contributed by atoms with Crippen LogP contribution < -0.4 is 5.32 Å². The summed E-state index contributed by atoms with van der Waals surface area (Å²) in [6.45, 7) is 4.46. The van der Waals surface area contributed by atoms with Gasteiger partial charge >= 0.3 is 0 Å². The van der Waals surface area contributed by atoms with Crippen molar-refractivity contribution in [2.75, 3.05) is 13.7 Å². The third-order valence-electron chi connectivity index (χ3n) is 2.65. The van der Waals surface area contributed by atoms with E-state index in [0.717, 1.165) is 0 Å². The minimum Gasteiger partial charge on any atom is -0.387 e. The molecular formula is C13H20FNO2. The number of aliphatic hydroxyl groups is 1. The van der Waals surface area contributed by atoms with E-state index < -0.39 is 6.10 Å². The predicted octanol–water partition coefficient (Wildman–Crippen LogP) is 1.87. The molecule has 3 atom stereocenters. The number of ether oxygens (including phenoxy) is 1. The van der Waals surface area contributed by atoms with E-state index in [-0.39, 0.29) is 17.9 Å². The zero-order chi connectivity index (χ0) is 12.8. The van der Waals surface area contributed by atoms with Gasteiger partial charge in [-0.3, -0.25) is 0 Å². The Bertz CT molecular complexity index is 329. The van der Waals surface area contributed by atoms with Crippen molar-refractivity contribution < 1.29 is 14.2 Å². The molecule has 17 heavy (non-hydrogen) atoms. The second-order valence-electron chi connectivity index (χ2n) is 4.31. The molecule has 2 N–H and O–H groups in total. The Labute approximate surface area is 102 Å². The van der Waals surface area contributed by atoms with Gasteiger partial charge in [-0.05, 0) is 31.5 Å². The molecule has 3 nitrogen and oxygen atoms in total. The molecule has 0 radical (unpaired) electrons. The first kappa shape index (κ1) is 14.1. The maximum atomic E-state index is 12.7. The Morgan fingerprint density at radius 2 is 1.88 bits per heavy atom. The highest BCUT2D eigenvalue weighted by molar-refractivity contribution is 5.19. The molecule has 1 aromatic rings. The predicted molar refractivity (Wildman–Crippen MR) is 65.3 cm³/mol. The summed E-state index contributed by atoms with van der Waals surface area (Å²) in [6, 6.07) is 5.93. The monoisotopic (exact) mass is 241 g/mol. The smallest absolute Gasteiger partial charge is 0.123 e. The molecule has 1 rings (SSSR count). The van der Waals surface area contributed by atoms with Gasteiger partial charge in [0.05, 0.1) is 12.7 Å². The summed E-state index contributed by atoms with van der Waals surface area (Å²) < 4.78 is 17.8. The molecular weight excluding hydrogens is 221 g/mol. The molecule has 0 aliphatic rings. The number of benzene rings is 1. The van der Waals surface area contributed by atoms with E-state index in [1.54, 1.807) is 19.2 Å². The summed E-state index contributed by atoms with van der Waals surface area (Å²) in [5, 5.41) is 13.3. The van der Waals surface area contributed by atoms with Crippen LogP contribution in [-0.4, -0.2) is 30.9 Å². The van der Waals surface area contributed by atoms with Crippen molar-refractivity contribution in [2.45, 2.75) is 32.0 Å². The van der Waals surface area contributed by atoms with E-state index in [1.807, 2.05) is 13.8 Å². The Morgan fingerprint density at radius 1 is 1.29 bits per heavy atom. The second kappa shape index (κ2) is 6.69. The summed E-state index contributed by atoms with van der Waals surface area (Å²) in [6.07, 6.45) is -0.657. The van der Waals surface area contributed by atoms with Gasteiger partial charge < -0.3 is 15.2 Å². The molecule has 0 aliphatic heterocycles. The lowest BCUT2D eigenvalue weighted by molar-refractivity contribution is 0.112. The van der Waals surface area contributed by atoms with Gasteiger partial charge in [-0.1, -0.05) is 12.1 Å². The topological polar surface area (TPSA) is 41.5 Å². The summed E-state index contributed by atoms with van der Waals surface area (Å²) in [7, 11) is 1.64. The van der Waals surface area contributed by atoms with Gasteiger partial charge in [0.2, 0.25) is 0 Å². The van der Waals surface area contributed by atoms with Crippen molar-refractivity contribution >= 4 is 0 Å². The first-order valence-corrected chi connectivity index (χ1v) is 5.73. The molecule has 0 heterocycles. The number of aliphatic hydroxyl groups excluding tert-OH is 1. The van der Waals surface area contributed by atoms with Crippen LogP contribution in [0.1, 0.15) is 25.5 Å². The zero-order valence-electron chi connectivity index (χ0n) is 10.5. The Hall–Kier alpha value is -0.970. The Balaban J connectivity index is 2.56. The van der Waals surface area contributed by atoms with E-state index in [0.29, 0.717) is 12.2 Å². The number of nitrogens with one attached hydrogen (secondary N) is 1. The molecule has 0 bridgehead atoms. The minimum atomic E-state index is -0.657. The first-order valence-electron chi connectivity index (χ1n) is 5.73. The summed E-state index contributed by atoms with van der Waals surface area (Å²) >= 11 is 0. The van der Waals surface area contributed by atoms with Crippen LogP contribution in [0.5, 0.6) is 0 Å². The fraction of sp³-hybridized carbons (Fsp3) is 0.538. The quantitative estimate of drug-likeness (QED) is 0.799. The zero-order valence-corrected chi connectivity index (χ0v) is 10.5. The fourth-order valence-electron chi connectivity index (χ4n) is 1.79. The van der Waals surface area contributed by atoms with E-state index in [9.17, 15) is 9.50 Å². The lowest BCUT2D eigenvalue weighted by Gasteiger charge is -2.24. The normalized spacial score (nSPS) is 16.5. The van der Waals surface area contributed by atoms with Gasteiger partial charge in [-0.15, -0.1) is 0 Å². The van der Waals surface area contributed by atoms with Crippen LogP contribution in [0.4, 0.5) is 4.39 Å². The maximum absolute atomic E-state index is 12.7. The van der Waals surface area contributed by atoms with Crippen molar-refractivity contribution in [1.29, 1.82) is 0 Å². The van der Waals surface area contributed by atoms with E-state index >= 15 is 0 Å². The van der Waals surface area contributed by atoms with Crippen LogP contribution >= 0.6 is 0 Å². The molecule has 0 fully saturated rings. The van der Waals surface area contributed by atoms with Crippen molar-refractivity contribution in [3.8, 4) is 0 Å². The van der Waals surface area contributed by atoms with Crippen molar-refractivity contribution in [1.82, 2.24) is 5.32 Å². The highest BCUT2D eigenvalue weighted by Crippen LogP contribution is 2.17. The molecule has 0 aliphatic carbocycles. The molecule has 0 aromatic heterocycles. The lowest BCUT2D eigenvalue weighted by atomic mass is 10.0. The molecule has 96 valence electrons. The van der Waals surface area contributed by atoms with Crippen molar-refractivity contribution in [3.05, 3.63) is 35.6 Å². The Morgan fingerprint density at radius 3 is 2.41 bits per heavy atom. The minimum absolute atomic E-state index is 0.120. The highest BCUT2D eigenvalue weighted by atomic mass is 19.1. The first-order chi connectivity index (χ1) is 8.04. The lowest BCUT2D eigenvalue weighted by Crippen LogP contribution is -2.40. The molecule has 1 aromatic carbocycles. The Kier molecular flexibility index (Phi) is 5.55. The van der Waals surface area contributed by atoms with Crippen LogP contribution in [0.3, 0.4) is 0 Å². The number of hydrogen-bond acceptors (Lipinski definition) is 3. The van der Waals surface area contributed by atoms with Crippen LogP contribution in [0.2, 0.25) is 0 Å². The van der Waals surface area contributed by atoms with Crippen molar-refractivity contribution in [2.24, 2.45) is 0 Å². The number of rotatable bonds is 6. The number of hydrogen-bond donors (Lipinski definition) is 2. The van der Waals surface area contributed by atoms with Gasteiger partial charge in [0.15, 0.2) is 0 Å². The van der Waals surface area contributed by atoms with Crippen molar-refractivity contribution in [3.63, 3.8) is 0 Å². The fourth-order valence-corrected chi connectivity index (χ4v) is 1.79. The molecule has 0 saturated heterocycles. The van der Waals surface area contributed by atoms with E-state index in [4.69, 9.17) is 4.74 Å². The van der Waals surface area contributed by atoms with Crippen LogP contribution in [0.15, 0.2) is 24.3 Å². The third kappa shape index (κ3) is 4.42. The molecule has 4 heteroatoms. The average molecular weight is 241 g/mol. The molecule has 0 spiro atoms. The molecule has 0 saturated carbocycles. The maximum Gasteiger partial charge on any atom is 0.123 e. The number of methoxy groups -OCH3 is 1. The summed E-state index contributed by atoms with van der Waals surface area (Å²) in [5.74, 6) is -0.297. The van der Waals surface area contributed by atoms with E-state index in [2.05, 4.69) is 5.32 Å². The van der Waals surface area contributed by atoms with E-state index in [1.165, 1.54) is 12.1 Å². The van der Waals surface area contributed by atoms with Gasteiger partial charge in [0.25, 0.3) is 0 Å². The second-order valence-corrected chi connectivity index (χ2v) is 4.31. The van der Waals surface area contributed by atoms with Gasteiger partial charge in [0, 0.05) is 19.2 Å². The largest absolute Gasteiger partial charge is 0.387 e. The molecule has 0 amide bonds. The summed E-state index contributed by atoms with van der Waals surface area (Å²) in [5.41, 5.74) is 0.705. The van der Waals surface area contributed by atoms with Crippen LogP contribution in [-0.2, 0) is 4.74 Å². The molecule has 3 unspecified atom stereocenters. The van der Waals surface area contributed by atoms with Gasteiger partial charge in [-0.25, -0.2) is 4.39 Å². The number of halogens is 1. The average Bonchev–Trinajstić information content (AvgIpc) is 2.29. The van der Waals surface area contributed by atoms with Gasteiger partial charge in [0.1, 0.15) is 5.82 Å². The highest BCUT2D eigenvalue weighted by Gasteiger charge is 2.17. The van der Waals surface area contributed by atoms with Crippen LogP contribution in [0, 0.1) is 5.82 Å². The third-order valence-corrected chi connectivity index (χ3v) is 2.65.